The van der Waals surface area contributed by atoms with Crippen molar-refractivity contribution in [3.63, 3.8) is 0 Å². The van der Waals surface area contributed by atoms with Crippen molar-refractivity contribution < 1.29 is 9.53 Å². The molecule has 0 saturated heterocycles. The Labute approximate surface area is 122 Å². The number of ether oxygens (including phenoxy) is 1. The quantitative estimate of drug-likeness (QED) is 0.719. The fraction of sp³-hybridized carbons (Fsp3) is 0.471. The zero-order valence-corrected chi connectivity index (χ0v) is 12.5. The maximum absolute atomic E-state index is 11.9. The average Bonchev–Trinajstić information content (AvgIpc) is 2.47. The van der Waals surface area contributed by atoms with Gasteiger partial charge in [0.15, 0.2) is 0 Å². The standard InChI is InChI=1S/C17H25NO2/c1-4-10-16(15(5-2)6-3)18-17(19)20-13-14-11-8-7-9-12-14/h4,7-9,11-12,15-16H,1,5-6,10,13H2,2-3H3,(H,18,19)/t16-/m1/s1. The molecule has 0 bridgehead atoms. The molecule has 3 heteroatoms. The van der Waals surface area contributed by atoms with Crippen LogP contribution in [0.1, 0.15) is 38.7 Å². The monoisotopic (exact) mass is 275 g/mol. The molecular formula is C17H25NO2. The first-order valence-electron chi connectivity index (χ1n) is 7.29. The maximum Gasteiger partial charge on any atom is 0.407 e. The third-order valence-corrected chi connectivity index (χ3v) is 3.55. The summed E-state index contributed by atoms with van der Waals surface area (Å²) in [5.74, 6) is 0.456. The predicted molar refractivity (Wildman–Crippen MR) is 82.4 cm³/mol. The van der Waals surface area contributed by atoms with Crippen molar-refractivity contribution >= 4 is 6.09 Å². The molecule has 1 aromatic carbocycles. The fourth-order valence-electron chi connectivity index (χ4n) is 2.32. The van der Waals surface area contributed by atoms with E-state index in [1.165, 1.54) is 0 Å². The molecule has 0 saturated carbocycles. The van der Waals surface area contributed by atoms with Gasteiger partial charge in [-0.25, -0.2) is 4.79 Å². The van der Waals surface area contributed by atoms with Gasteiger partial charge in [0.05, 0.1) is 0 Å². The maximum atomic E-state index is 11.9. The zero-order chi connectivity index (χ0) is 14.8. The minimum absolute atomic E-state index is 0.103. The average molecular weight is 275 g/mol. The topological polar surface area (TPSA) is 38.3 Å². The SMILES string of the molecule is C=CC[C@@H](NC(=O)OCc1ccccc1)C(CC)CC. The van der Waals surface area contributed by atoms with Gasteiger partial charge >= 0.3 is 6.09 Å². The van der Waals surface area contributed by atoms with Gasteiger partial charge in [-0.05, 0) is 17.9 Å². The first-order chi connectivity index (χ1) is 9.71. The molecule has 3 nitrogen and oxygen atoms in total. The summed E-state index contributed by atoms with van der Waals surface area (Å²) in [6.45, 7) is 8.34. The molecule has 20 heavy (non-hydrogen) atoms. The molecule has 0 aliphatic carbocycles. The van der Waals surface area contributed by atoms with Crippen LogP contribution in [0.2, 0.25) is 0 Å². The van der Waals surface area contributed by atoms with Crippen molar-refractivity contribution in [3.05, 3.63) is 48.6 Å². The first-order valence-corrected chi connectivity index (χ1v) is 7.29. The van der Waals surface area contributed by atoms with E-state index in [2.05, 4.69) is 25.7 Å². The smallest absolute Gasteiger partial charge is 0.407 e. The van der Waals surface area contributed by atoms with Crippen LogP contribution < -0.4 is 5.32 Å². The molecule has 0 aromatic heterocycles. The highest BCUT2D eigenvalue weighted by atomic mass is 16.5. The number of nitrogens with one attached hydrogen (secondary N) is 1. The molecule has 1 aromatic rings. The number of amides is 1. The molecule has 1 atom stereocenters. The van der Waals surface area contributed by atoms with Crippen molar-refractivity contribution in [2.45, 2.75) is 45.8 Å². The summed E-state index contributed by atoms with van der Waals surface area (Å²) in [6.07, 6.45) is 4.34. The van der Waals surface area contributed by atoms with Gasteiger partial charge in [-0.3, -0.25) is 0 Å². The summed E-state index contributed by atoms with van der Waals surface area (Å²) in [5, 5.41) is 2.96. The van der Waals surface area contributed by atoms with Gasteiger partial charge in [0.1, 0.15) is 6.61 Å². The van der Waals surface area contributed by atoms with E-state index in [1.54, 1.807) is 0 Å². The number of rotatable bonds is 8. The zero-order valence-electron chi connectivity index (χ0n) is 12.5. The molecule has 0 unspecified atom stereocenters. The Bertz CT molecular complexity index is 399. The number of alkyl carbamates (subject to hydrolysis) is 1. The Morgan fingerprint density at radius 2 is 1.95 bits per heavy atom. The molecule has 0 spiro atoms. The summed E-state index contributed by atoms with van der Waals surface area (Å²) in [6, 6.07) is 9.79. The molecule has 0 aliphatic rings. The molecule has 0 radical (unpaired) electrons. The lowest BCUT2D eigenvalue weighted by molar-refractivity contribution is 0.131. The largest absolute Gasteiger partial charge is 0.445 e. The van der Waals surface area contributed by atoms with Crippen LogP contribution in [0.4, 0.5) is 4.79 Å². The minimum Gasteiger partial charge on any atom is -0.445 e. The summed E-state index contributed by atoms with van der Waals surface area (Å²) in [4.78, 5) is 11.9. The van der Waals surface area contributed by atoms with Gasteiger partial charge in [0.25, 0.3) is 0 Å². The number of carbonyl (C=O) groups is 1. The van der Waals surface area contributed by atoms with Crippen molar-refractivity contribution in [1.29, 1.82) is 0 Å². The Morgan fingerprint density at radius 1 is 1.30 bits per heavy atom. The first kappa shape index (κ1) is 16.3. The van der Waals surface area contributed by atoms with Gasteiger partial charge in [0, 0.05) is 6.04 Å². The lowest BCUT2D eigenvalue weighted by Gasteiger charge is -2.25. The molecule has 1 rings (SSSR count). The molecule has 0 aliphatic heterocycles. The highest BCUT2D eigenvalue weighted by Crippen LogP contribution is 2.16. The molecule has 1 N–H and O–H groups in total. The summed E-state index contributed by atoms with van der Waals surface area (Å²) in [5.41, 5.74) is 0.991. The third-order valence-electron chi connectivity index (χ3n) is 3.55. The summed E-state index contributed by atoms with van der Waals surface area (Å²) >= 11 is 0. The highest BCUT2D eigenvalue weighted by Gasteiger charge is 2.19. The molecule has 0 heterocycles. The Morgan fingerprint density at radius 3 is 2.50 bits per heavy atom. The second-order valence-corrected chi connectivity index (χ2v) is 4.91. The van der Waals surface area contributed by atoms with E-state index in [-0.39, 0.29) is 12.1 Å². The second kappa shape index (κ2) is 9.18. The fourth-order valence-corrected chi connectivity index (χ4v) is 2.32. The van der Waals surface area contributed by atoms with Crippen molar-refractivity contribution in [2.75, 3.05) is 0 Å². The van der Waals surface area contributed by atoms with E-state index in [1.807, 2.05) is 36.4 Å². The van der Waals surface area contributed by atoms with Gasteiger partial charge in [-0.1, -0.05) is 63.1 Å². The van der Waals surface area contributed by atoms with Crippen LogP contribution in [-0.4, -0.2) is 12.1 Å². The minimum atomic E-state index is -0.354. The molecule has 110 valence electrons. The van der Waals surface area contributed by atoms with Gasteiger partial charge in [-0.2, -0.15) is 0 Å². The van der Waals surface area contributed by atoms with Crippen LogP contribution in [0.15, 0.2) is 43.0 Å². The number of hydrogen-bond acceptors (Lipinski definition) is 2. The number of benzene rings is 1. The summed E-state index contributed by atoms with van der Waals surface area (Å²) < 4.78 is 5.26. The molecule has 1 amide bonds. The Kier molecular flexibility index (Phi) is 7.48. The van der Waals surface area contributed by atoms with E-state index in [4.69, 9.17) is 4.74 Å². The van der Waals surface area contributed by atoms with E-state index in [0.717, 1.165) is 24.8 Å². The van der Waals surface area contributed by atoms with Crippen molar-refractivity contribution in [1.82, 2.24) is 5.32 Å². The highest BCUT2D eigenvalue weighted by molar-refractivity contribution is 5.67. The van der Waals surface area contributed by atoms with Crippen LogP contribution in [0.3, 0.4) is 0 Å². The van der Waals surface area contributed by atoms with Crippen molar-refractivity contribution in [3.8, 4) is 0 Å². The predicted octanol–water partition coefficient (Wildman–Crippen LogP) is 4.29. The summed E-state index contributed by atoms with van der Waals surface area (Å²) in [7, 11) is 0. The Balaban J connectivity index is 2.47. The number of carbonyl (C=O) groups excluding carboxylic acids is 1. The molecular weight excluding hydrogens is 250 g/mol. The van der Waals surface area contributed by atoms with Crippen molar-refractivity contribution in [2.24, 2.45) is 5.92 Å². The van der Waals surface area contributed by atoms with Crippen LogP contribution in [0, 0.1) is 5.92 Å². The normalized spacial score (nSPS) is 11.9. The number of hydrogen-bond donors (Lipinski definition) is 1. The molecule has 0 fully saturated rings. The lowest BCUT2D eigenvalue weighted by atomic mass is 9.92. The van der Waals surface area contributed by atoms with E-state index in [9.17, 15) is 4.79 Å². The van der Waals surface area contributed by atoms with Gasteiger partial charge in [0.2, 0.25) is 0 Å². The van der Waals surface area contributed by atoms with Crippen LogP contribution in [0.25, 0.3) is 0 Å². The lowest BCUT2D eigenvalue weighted by Crippen LogP contribution is -2.40. The van der Waals surface area contributed by atoms with Gasteiger partial charge < -0.3 is 10.1 Å². The van der Waals surface area contributed by atoms with E-state index < -0.39 is 0 Å². The van der Waals surface area contributed by atoms with Crippen LogP contribution in [0.5, 0.6) is 0 Å². The van der Waals surface area contributed by atoms with E-state index in [0.29, 0.717) is 12.5 Å². The second-order valence-electron chi connectivity index (χ2n) is 4.91. The Hall–Kier alpha value is -1.77. The van der Waals surface area contributed by atoms with Crippen LogP contribution >= 0.6 is 0 Å². The van der Waals surface area contributed by atoms with Crippen LogP contribution in [-0.2, 0) is 11.3 Å². The third kappa shape index (κ3) is 5.47. The van der Waals surface area contributed by atoms with Gasteiger partial charge in [-0.15, -0.1) is 6.58 Å². The van der Waals surface area contributed by atoms with E-state index >= 15 is 0 Å².